The largest absolute Gasteiger partial charge is 0.461 e. The molecule has 4 nitrogen and oxygen atoms in total. The van der Waals surface area contributed by atoms with Gasteiger partial charge in [-0.1, -0.05) is 60.7 Å². The fraction of sp³-hybridized carbons (Fsp3) is 0. The molecule has 0 aliphatic carbocycles. The number of hydrogen-bond acceptors (Lipinski definition) is 4. The Hall–Kier alpha value is -3.27. The third-order valence-electron chi connectivity index (χ3n) is 3.44. The van der Waals surface area contributed by atoms with Gasteiger partial charge < -0.3 is 4.42 Å². The van der Waals surface area contributed by atoms with E-state index in [-0.39, 0.29) is 0 Å². The lowest BCUT2D eigenvalue weighted by molar-refractivity contribution is 0.577. The maximum atomic E-state index is 5.45. The molecule has 0 spiro atoms. The highest BCUT2D eigenvalue weighted by molar-refractivity contribution is 5.64. The molecule has 0 aliphatic heterocycles. The fourth-order valence-electron chi connectivity index (χ4n) is 2.32. The third-order valence-corrected chi connectivity index (χ3v) is 3.44. The molecule has 23 heavy (non-hydrogen) atoms. The summed E-state index contributed by atoms with van der Waals surface area (Å²) in [5.74, 6) is 2.42. The lowest BCUT2D eigenvalue weighted by atomic mass is 10.2. The van der Waals surface area contributed by atoms with Gasteiger partial charge in [0.05, 0.1) is 6.26 Å². The number of nitrogens with zero attached hydrogens (tertiary/aromatic N) is 3. The zero-order chi connectivity index (χ0) is 15.5. The van der Waals surface area contributed by atoms with Gasteiger partial charge in [-0.25, -0.2) is 15.0 Å². The first-order chi connectivity index (χ1) is 11.4. The van der Waals surface area contributed by atoms with Gasteiger partial charge in [0.1, 0.15) is 0 Å². The molecule has 2 heterocycles. The predicted octanol–water partition coefficient (Wildman–Crippen LogP) is 4.47. The Kier molecular flexibility index (Phi) is 3.41. The summed E-state index contributed by atoms with van der Waals surface area (Å²) in [7, 11) is 0. The molecule has 0 atom stereocenters. The first-order valence-electron chi connectivity index (χ1n) is 7.31. The Labute approximate surface area is 133 Å². The van der Waals surface area contributed by atoms with Gasteiger partial charge in [-0.2, -0.15) is 0 Å². The summed E-state index contributed by atoms with van der Waals surface area (Å²) in [4.78, 5) is 13.7. The van der Waals surface area contributed by atoms with Crippen LogP contribution in [-0.4, -0.2) is 15.0 Å². The van der Waals surface area contributed by atoms with Crippen molar-refractivity contribution in [3.63, 3.8) is 0 Å². The van der Waals surface area contributed by atoms with E-state index in [1.165, 1.54) is 0 Å². The molecule has 0 radical (unpaired) electrons. The molecule has 110 valence electrons. The van der Waals surface area contributed by atoms with E-state index in [9.17, 15) is 0 Å². The van der Waals surface area contributed by atoms with Crippen molar-refractivity contribution < 1.29 is 4.42 Å². The maximum Gasteiger partial charge on any atom is 0.199 e. The van der Waals surface area contributed by atoms with Crippen molar-refractivity contribution in [1.29, 1.82) is 0 Å². The van der Waals surface area contributed by atoms with E-state index in [1.807, 2.05) is 72.8 Å². The van der Waals surface area contributed by atoms with Crippen LogP contribution in [-0.2, 0) is 0 Å². The Morgan fingerprint density at radius 2 is 1.04 bits per heavy atom. The first kappa shape index (κ1) is 13.4. The Balaban J connectivity index is 1.91. The van der Waals surface area contributed by atoms with Crippen molar-refractivity contribution in [3.05, 3.63) is 79.1 Å². The molecule has 0 saturated heterocycles. The van der Waals surface area contributed by atoms with Gasteiger partial charge in [0, 0.05) is 11.1 Å². The second-order valence-corrected chi connectivity index (χ2v) is 5.02. The summed E-state index contributed by atoms with van der Waals surface area (Å²) in [6.45, 7) is 0. The number of aromatic nitrogens is 3. The SMILES string of the molecule is c1ccc(-c2nc(-c3ccccc3)nc(-c3ccco3)n2)cc1. The molecule has 0 saturated carbocycles. The molecule has 4 heteroatoms. The molecule has 0 amide bonds. The molecule has 0 unspecified atom stereocenters. The molecular formula is C19H13N3O. The Bertz CT molecular complexity index is 846. The van der Waals surface area contributed by atoms with Crippen LogP contribution >= 0.6 is 0 Å². The number of furan rings is 1. The lowest BCUT2D eigenvalue weighted by Crippen LogP contribution is -1.99. The van der Waals surface area contributed by atoms with Gasteiger partial charge in [-0.3, -0.25) is 0 Å². The van der Waals surface area contributed by atoms with Crippen LogP contribution in [0.25, 0.3) is 34.4 Å². The van der Waals surface area contributed by atoms with E-state index in [2.05, 4.69) is 15.0 Å². The second-order valence-electron chi connectivity index (χ2n) is 5.02. The molecule has 0 fully saturated rings. The second kappa shape index (κ2) is 5.85. The molecular weight excluding hydrogens is 286 g/mol. The third kappa shape index (κ3) is 2.74. The monoisotopic (exact) mass is 299 g/mol. The van der Waals surface area contributed by atoms with E-state index in [1.54, 1.807) is 6.26 Å². The van der Waals surface area contributed by atoms with Crippen molar-refractivity contribution in [3.8, 4) is 34.4 Å². The predicted molar refractivity (Wildman–Crippen MR) is 88.4 cm³/mol. The average Bonchev–Trinajstić information content (AvgIpc) is 3.18. The highest BCUT2D eigenvalue weighted by Gasteiger charge is 2.12. The minimum atomic E-state index is 0.530. The zero-order valence-electron chi connectivity index (χ0n) is 12.3. The highest BCUT2D eigenvalue weighted by Crippen LogP contribution is 2.24. The van der Waals surface area contributed by atoms with Crippen LogP contribution in [0.1, 0.15) is 0 Å². The standard InChI is InChI=1S/C19H13N3O/c1-3-8-14(9-4-1)17-20-18(15-10-5-2-6-11-15)22-19(21-17)16-12-7-13-23-16/h1-13H. The molecule has 0 bridgehead atoms. The number of hydrogen-bond donors (Lipinski definition) is 0. The fourth-order valence-corrected chi connectivity index (χ4v) is 2.32. The quantitative estimate of drug-likeness (QED) is 0.560. The van der Waals surface area contributed by atoms with Crippen molar-refractivity contribution in [1.82, 2.24) is 15.0 Å². The normalized spacial score (nSPS) is 10.6. The smallest absolute Gasteiger partial charge is 0.199 e. The van der Waals surface area contributed by atoms with Gasteiger partial charge in [-0.15, -0.1) is 0 Å². The highest BCUT2D eigenvalue weighted by atomic mass is 16.3. The summed E-state index contributed by atoms with van der Waals surface area (Å²) >= 11 is 0. The maximum absolute atomic E-state index is 5.45. The van der Waals surface area contributed by atoms with Crippen LogP contribution in [0.4, 0.5) is 0 Å². The van der Waals surface area contributed by atoms with Gasteiger partial charge in [-0.05, 0) is 12.1 Å². The van der Waals surface area contributed by atoms with Crippen molar-refractivity contribution in [2.75, 3.05) is 0 Å². The minimum absolute atomic E-state index is 0.530. The number of rotatable bonds is 3. The molecule has 2 aromatic heterocycles. The van der Waals surface area contributed by atoms with Crippen molar-refractivity contribution in [2.24, 2.45) is 0 Å². The van der Waals surface area contributed by atoms with E-state index in [0.717, 1.165) is 11.1 Å². The zero-order valence-corrected chi connectivity index (χ0v) is 12.3. The average molecular weight is 299 g/mol. The first-order valence-corrected chi connectivity index (χ1v) is 7.31. The molecule has 4 aromatic rings. The van der Waals surface area contributed by atoms with Crippen LogP contribution in [0.5, 0.6) is 0 Å². The van der Waals surface area contributed by atoms with Gasteiger partial charge in [0.2, 0.25) is 0 Å². The topological polar surface area (TPSA) is 51.8 Å². The van der Waals surface area contributed by atoms with Crippen LogP contribution in [0.3, 0.4) is 0 Å². The molecule has 4 rings (SSSR count). The van der Waals surface area contributed by atoms with Crippen molar-refractivity contribution >= 4 is 0 Å². The van der Waals surface area contributed by atoms with Crippen LogP contribution in [0.2, 0.25) is 0 Å². The van der Waals surface area contributed by atoms with E-state index >= 15 is 0 Å². The summed E-state index contributed by atoms with van der Waals surface area (Å²) in [5.41, 5.74) is 1.89. The Morgan fingerprint density at radius 1 is 0.522 bits per heavy atom. The molecule has 0 aliphatic rings. The van der Waals surface area contributed by atoms with Gasteiger partial charge >= 0.3 is 0 Å². The lowest BCUT2D eigenvalue weighted by Gasteiger charge is -2.06. The van der Waals surface area contributed by atoms with Gasteiger partial charge in [0.25, 0.3) is 0 Å². The minimum Gasteiger partial charge on any atom is -0.461 e. The van der Waals surface area contributed by atoms with E-state index in [0.29, 0.717) is 23.2 Å². The van der Waals surface area contributed by atoms with E-state index < -0.39 is 0 Å². The van der Waals surface area contributed by atoms with Crippen LogP contribution in [0.15, 0.2) is 83.5 Å². The number of benzene rings is 2. The summed E-state index contributed by atoms with van der Waals surface area (Å²) in [6, 6.07) is 23.4. The van der Waals surface area contributed by atoms with Crippen LogP contribution in [0, 0.1) is 0 Å². The van der Waals surface area contributed by atoms with E-state index in [4.69, 9.17) is 4.42 Å². The molecule has 2 aromatic carbocycles. The summed E-state index contributed by atoms with van der Waals surface area (Å²) < 4.78 is 5.45. The van der Waals surface area contributed by atoms with Crippen molar-refractivity contribution in [2.45, 2.75) is 0 Å². The summed E-state index contributed by atoms with van der Waals surface area (Å²) in [6.07, 6.45) is 1.61. The van der Waals surface area contributed by atoms with Gasteiger partial charge in [0.15, 0.2) is 23.2 Å². The summed E-state index contributed by atoms with van der Waals surface area (Å²) in [5, 5.41) is 0. The Morgan fingerprint density at radius 3 is 1.52 bits per heavy atom. The molecule has 0 N–H and O–H groups in total. The van der Waals surface area contributed by atoms with Crippen LogP contribution < -0.4 is 0 Å².